The Labute approximate surface area is 120 Å². The minimum absolute atomic E-state index is 0.0389. The molecule has 0 saturated carbocycles. The molecule has 2 aromatic rings. The minimum atomic E-state index is -1.59. The van der Waals surface area contributed by atoms with Crippen molar-refractivity contribution < 1.29 is 13.0 Å². The van der Waals surface area contributed by atoms with E-state index in [4.69, 9.17) is 5.73 Å². The normalized spacial score (nSPS) is 12.4. The van der Waals surface area contributed by atoms with E-state index in [0.29, 0.717) is 10.0 Å². The molecule has 0 saturated heterocycles. The Balaban J connectivity index is 2.25. The SMILES string of the molecule is Nc1ccc(S(=O)Cc2cc(F)cc(Br)c2)c(F)c1. The van der Waals surface area contributed by atoms with Crippen molar-refractivity contribution in [1.29, 1.82) is 0 Å². The second-order valence-electron chi connectivity index (χ2n) is 3.96. The van der Waals surface area contributed by atoms with Crippen molar-refractivity contribution in [3.63, 3.8) is 0 Å². The molecule has 6 heteroatoms. The van der Waals surface area contributed by atoms with E-state index in [0.717, 1.165) is 6.07 Å². The van der Waals surface area contributed by atoms with Gasteiger partial charge in [-0.05, 0) is 42.0 Å². The zero-order valence-corrected chi connectivity index (χ0v) is 12.1. The van der Waals surface area contributed by atoms with E-state index in [1.54, 1.807) is 6.07 Å². The lowest BCUT2D eigenvalue weighted by molar-refractivity contribution is 0.596. The third-order valence-electron chi connectivity index (χ3n) is 2.42. The highest BCUT2D eigenvalue weighted by molar-refractivity contribution is 9.10. The Bertz CT molecular complexity index is 628. The summed E-state index contributed by atoms with van der Waals surface area (Å²) in [6.45, 7) is 0. The molecule has 2 aromatic carbocycles. The predicted molar refractivity (Wildman–Crippen MR) is 75.0 cm³/mol. The fraction of sp³-hybridized carbons (Fsp3) is 0.0769. The molecule has 100 valence electrons. The van der Waals surface area contributed by atoms with Crippen LogP contribution in [0.15, 0.2) is 45.8 Å². The molecule has 2 nitrogen and oxygen atoms in total. The molecule has 19 heavy (non-hydrogen) atoms. The average molecular weight is 346 g/mol. The van der Waals surface area contributed by atoms with Gasteiger partial charge in [0.2, 0.25) is 0 Å². The Morgan fingerprint density at radius 3 is 2.53 bits per heavy atom. The van der Waals surface area contributed by atoms with Gasteiger partial charge in [0.25, 0.3) is 0 Å². The molecular weight excluding hydrogens is 336 g/mol. The maximum absolute atomic E-state index is 13.6. The van der Waals surface area contributed by atoms with Gasteiger partial charge >= 0.3 is 0 Å². The number of hydrogen-bond acceptors (Lipinski definition) is 2. The smallest absolute Gasteiger partial charge is 0.141 e. The van der Waals surface area contributed by atoms with Crippen LogP contribution >= 0.6 is 15.9 Å². The molecule has 0 heterocycles. The molecular formula is C13H10BrF2NOS. The number of rotatable bonds is 3. The van der Waals surface area contributed by atoms with Crippen molar-refractivity contribution in [2.24, 2.45) is 0 Å². The predicted octanol–water partition coefficient (Wildman–Crippen LogP) is 3.62. The summed E-state index contributed by atoms with van der Waals surface area (Å²) in [6.07, 6.45) is 0. The highest BCUT2D eigenvalue weighted by atomic mass is 79.9. The fourth-order valence-electron chi connectivity index (χ4n) is 1.63. The molecule has 0 aliphatic rings. The second-order valence-corrected chi connectivity index (χ2v) is 6.29. The molecule has 0 aliphatic carbocycles. The monoisotopic (exact) mass is 345 g/mol. The van der Waals surface area contributed by atoms with Crippen molar-refractivity contribution >= 4 is 32.4 Å². The zero-order valence-electron chi connectivity index (χ0n) is 9.70. The van der Waals surface area contributed by atoms with Crippen LogP contribution in [0.3, 0.4) is 0 Å². The van der Waals surface area contributed by atoms with Gasteiger partial charge < -0.3 is 5.73 Å². The van der Waals surface area contributed by atoms with Gasteiger partial charge in [-0.2, -0.15) is 0 Å². The van der Waals surface area contributed by atoms with Gasteiger partial charge in [0.15, 0.2) is 0 Å². The van der Waals surface area contributed by atoms with Crippen molar-refractivity contribution in [1.82, 2.24) is 0 Å². The Kier molecular flexibility index (Phi) is 4.31. The topological polar surface area (TPSA) is 43.1 Å². The summed E-state index contributed by atoms with van der Waals surface area (Å²) in [4.78, 5) is 0.0644. The third-order valence-corrected chi connectivity index (χ3v) is 4.30. The van der Waals surface area contributed by atoms with Gasteiger partial charge in [-0.3, -0.25) is 4.21 Å². The van der Waals surface area contributed by atoms with Crippen LogP contribution in [0.25, 0.3) is 0 Å². The zero-order chi connectivity index (χ0) is 14.0. The lowest BCUT2D eigenvalue weighted by atomic mass is 10.2. The van der Waals surface area contributed by atoms with Crippen LogP contribution in [0.5, 0.6) is 0 Å². The highest BCUT2D eigenvalue weighted by Gasteiger charge is 2.12. The first kappa shape index (κ1) is 14.1. The number of anilines is 1. The van der Waals surface area contributed by atoms with E-state index in [1.165, 1.54) is 24.3 Å². The van der Waals surface area contributed by atoms with Crippen LogP contribution < -0.4 is 5.73 Å². The number of benzene rings is 2. The molecule has 0 amide bonds. The van der Waals surface area contributed by atoms with Gasteiger partial charge in [-0.25, -0.2) is 8.78 Å². The van der Waals surface area contributed by atoms with Crippen molar-refractivity contribution in [3.8, 4) is 0 Å². The average Bonchev–Trinajstić information content (AvgIpc) is 2.26. The van der Waals surface area contributed by atoms with E-state index in [9.17, 15) is 13.0 Å². The number of halogens is 3. The second kappa shape index (κ2) is 5.79. The summed E-state index contributed by atoms with van der Waals surface area (Å²) >= 11 is 3.15. The van der Waals surface area contributed by atoms with Crippen LogP contribution in [0.2, 0.25) is 0 Å². The fourth-order valence-corrected chi connectivity index (χ4v) is 3.26. The van der Waals surface area contributed by atoms with E-state index < -0.39 is 22.4 Å². The van der Waals surface area contributed by atoms with E-state index in [2.05, 4.69) is 15.9 Å². The summed E-state index contributed by atoms with van der Waals surface area (Å²) in [5.41, 5.74) is 6.22. The molecule has 0 radical (unpaired) electrons. The first-order valence-corrected chi connectivity index (χ1v) is 7.45. The summed E-state index contributed by atoms with van der Waals surface area (Å²) < 4.78 is 39.4. The summed E-state index contributed by atoms with van der Waals surface area (Å²) in [7, 11) is -1.59. The van der Waals surface area contributed by atoms with Gasteiger partial charge in [0, 0.05) is 10.2 Å². The van der Waals surface area contributed by atoms with Gasteiger partial charge in [0.05, 0.1) is 21.4 Å². The molecule has 2 N–H and O–H groups in total. The molecule has 0 bridgehead atoms. The van der Waals surface area contributed by atoms with E-state index in [1.807, 2.05) is 0 Å². The summed E-state index contributed by atoms with van der Waals surface area (Å²) in [5, 5.41) is 0. The maximum Gasteiger partial charge on any atom is 0.141 e. The summed E-state index contributed by atoms with van der Waals surface area (Å²) in [6, 6.07) is 8.21. The minimum Gasteiger partial charge on any atom is -0.399 e. The van der Waals surface area contributed by atoms with Crippen LogP contribution in [0, 0.1) is 11.6 Å². The van der Waals surface area contributed by atoms with Crippen molar-refractivity contribution in [2.75, 3.05) is 5.73 Å². The van der Waals surface area contributed by atoms with Crippen LogP contribution in [0.1, 0.15) is 5.56 Å². The molecule has 2 rings (SSSR count). The molecule has 0 aliphatic heterocycles. The van der Waals surface area contributed by atoms with Crippen LogP contribution in [-0.2, 0) is 16.6 Å². The first-order chi connectivity index (χ1) is 8.95. The Hall–Kier alpha value is -1.27. The Morgan fingerprint density at radius 2 is 1.89 bits per heavy atom. The molecule has 0 fully saturated rings. The van der Waals surface area contributed by atoms with Crippen LogP contribution in [-0.4, -0.2) is 4.21 Å². The van der Waals surface area contributed by atoms with Crippen molar-refractivity contribution in [2.45, 2.75) is 10.6 Å². The lowest BCUT2D eigenvalue weighted by Gasteiger charge is -2.05. The number of nitrogens with two attached hydrogens (primary N) is 1. The van der Waals surface area contributed by atoms with Gasteiger partial charge in [-0.15, -0.1) is 0 Å². The van der Waals surface area contributed by atoms with Crippen LogP contribution in [0.4, 0.5) is 14.5 Å². The van der Waals surface area contributed by atoms with Gasteiger partial charge in [-0.1, -0.05) is 15.9 Å². The van der Waals surface area contributed by atoms with E-state index in [-0.39, 0.29) is 16.3 Å². The summed E-state index contributed by atoms with van der Waals surface area (Å²) in [5.74, 6) is -1.01. The van der Waals surface area contributed by atoms with Gasteiger partial charge in [0.1, 0.15) is 11.6 Å². The lowest BCUT2D eigenvalue weighted by Crippen LogP contribution is -2.01. The number of nitrogen functional groups attached to an aromatic ring is 1. The maximum atomic E-state index is 13.6. The van der Waals surface area contributed by atoms with Crippen molar-refractivity contribution in [3.05, 3.63) is 58.1 Å². The molecule has 0 aromatic heterocycles. The Morgan fingerprint density at radius 1 is 1.16 bits per heavy atom. The third kappa shape index (κ3) is 3.61. The quantitative estimate of drug-likeness (QED) is 0.863. The molecule has 1 atom stereocenters. The highest BCUT2D eigenvalue weighted by Crippen LogP contribution is 2.21. The number of hydrogen-bond donors (Lipinski definition) is 1. The first-order valence-electron chi connectivity index (χ1n) is 5.34. The van der Waals surface area contributed by atoms with E-state index >= 15 is 0 Å². The molecule has 0 spiro atoms. The largest absolute Gasteiger partial charge is 0.399 e. The molecule has 1 unspecified atom stereocenters. The standard InChI is InChI=1S/C13H10BrF2NOS/c14-9-3-8(4-10(15)5-9)7-19(18)13-2-1-11(17)6-12(13)16/h1-6H,7,17H2.